The summed E-state index contributed by atoms with van der Waals surface area (Å²) in [4.78, 5) is 0. The third kappa shape index (κ3) is 5.03. The second-order valence-electron chi connectivity index (χ2n) is 6.01. The Morgan fingerprint density at radius 1 is 1.12 bits per heavy atom. The van der Waals surface area contributed by atoms with Crippen molar-refractivity contribution in [2.75, 3.05) is 19.9 Å². The number of benzene rings is 2. The Bertz CT molecular complexity index is 791. The Morgan fingerprint density at radius 2 is 1.76 bits per heavy atom. The SMILES string of the molecule is CCC(CS(=O)(=O)N(C)Cc1ccc(OC)cc1)c1ccccc1F. The van der Waals surface area contributed by atoms with Crippen molar-refractivity contribution < 1.29 is 17.5 Å². The van der Waals surface area contributed by atoms with Gasteiger partial charge in [0.15, 0.2) is 0 Å². The summed E-state index contributed by atoms with van der Waals surface area (Å²) in [6.07, 6.45) is 0.552. The van der Waals surface area contributed by atoms with Gasteiger partial charge in [0.05, 0.1) is 12.9 Å². The molecular formula is C19H24FNO3S. The van der Waals surface area contributed by atoms with Crippen molar-refractivity contribution >= 4 is 10.0 Å². The standard InChI is InChI=1S/C19H24FNO3S/c1-4-16(18-7-5-6-8-19(18)20)14-25(22,23)21(2)13-15-9-11-17(24-3)12-10-15/h5-12,16H,4,13-14H2,1-3H3. The fraction of sp³-hybridized carbons (Fsp3) is 0.368. The maximum atomic E-state index is 14.0. The maximum absolute atomic E-state index is 14.0. The van der Waals surface area contributed by atoms with Crippen molar-refractivity contribution in [1.29, 1.82) is 0 Å². The van der Waals surface area contributed by atoms with Gasteiger partial charge in [0.25, 0.3) is 0 Å². The molecule has 0 aliphatic heterocycles. The first-order chi connectivity index (χ1) is 11.9. The smallest absolute Gasteiger partial charge is 0.214 e. The van der Waals surface area contributed by atoms with Crippen molar-refractivity contribution in [3.8, 4) is 5.75 Å². The van der Waals surface area contributed by atoms with Crippen LogP contribution in [-0.4, -0.2) is 32.6 Å². The van der Waals surface area contributed by atoms with Crippen LogP contribution in [-0.2, 0) is 16.6 Å². The van der Waals surface area contributed by atoms with Crippen LogP contribution in [0.25, 0.3) is 0 Å². The largest absolute Gasteiger partial charge is 0.497 e. The molecule has 0 radical (unpaired) electrons. The molecule has 25 heavy (non-hydrogen) atoms. The Labute approximate surface area is 149 Å². The van der Waals surface area contributed by atoms with E-state index in [-0.39, 0.29) is 24.0 Å². The number of halogens is 1. The number of sulfonamides is 1. The highest BCUT2D eigenvalue weighted by molar-refractivity contribution is 7.89. The highest BCUT2D eigenvalue weighted by Gasteiger charge is 2.25. The summed E-state index contributed by atoms with van der Waals surface area (Å²) < 4.78 is 45.8. The molecule has 0 spiro atoms. The average Bonchev–Trinajstić information content (AvgIpc) is 2.61. The van der Waals surface area contributed by atoms with Crippen molar-refractivity contribution in [1.82, 2.24) is 4.31 Å². The quantitative estimate of drug-likeness (QED) is 0.715. The Hall–Kier alpha value is -1.92. The van der Waals surface area contributed by atoms with Crippen molar-refractivity contribution in [3.05, 3.63) is 65.5 Å². The molecule has 0 saturated carbocycles. The van der Waals surface area contributed by atoms with Gasteiger partial charge in [-0.25, -0.2) is 17.1 Å². The van der Waals surface area contributed by atoms with Crippen molar-refractivity contribution in [2.24, 2.45) is 0 Å². The average molecular weight is 365 g/mol. The van der Waals surface area contributed by atoms with Gasteiger partial charge in [-0.15, -0.1) is 0 Å². The molecule has 0 amide bonds. The lowest BCUT2D eigenvalue weighted by atomic mass is 9.98. The Morgan fingerprint density at radius 3 is 2.32 bits per heavy atom. The summed E-state index contributed by atoms with van der Waals surface area (Å²) in [5.74, 6) is -0.122. The molecule has 1 atom stereocenters. The van der Waals surface area contributed by atoms with Gasteiger partial charge in [-0.2, -0.15) is 0 Å². The zero-order valence-corrected chi connectivity index (χ0v) is 15.6. The minimum atomic E-state index is -3.51. The number of ether oxygens (including phenoxy) is 1. The lowest BCUT2D eigenvalue weighted by Crippen LogP contribution is -2.31. The van der Waals surface area contributed by atoms with Crippen LogP contribution in [0.15, 0.2) is 48.5 Å². The van der Waals surface area contributed by atoms with Crippen LogP contribution in [0.1, 0.15) is 30.4 Å². The normalized spacial score (nSPS) is 13.0. The minimum Gasteiger partial charge on any atom is -0.497 e. The van der Waals surface area contributed by atoms with Crippen LogP contribution in [0, 0.1) is 5.82 Å². The van der Waals surface area contributed by atoms with Gasteiger partial charge in [-0.3, -0.25) is 0 Å². The van der Waals surface area contributed by atoms with Crippen LogP contribution in [0.5, 0.6) is 5.75 Å². The molecule has 1 unspecified atom stereocenters. The molecule has 6 heteroatoms. The van der Waals surface area contributed by atoms with E-state index in [0.29, 0.717) is 12.0 Å². The van der Waals surface area contributed by atoms with Crippen LogP contribution < -0.4 is 4.74 Å². The molecule has 0 saturated heterocycles. The first-order valence-electron chi connectivity index (χ1n) is 8.18. The third-order valence-electron chi connectivity index (χ3n) is 4.29. The van der Waals surface area contributed by atoms with Crippen LogP contribution >= 0.6 is 0 Å². The lowest BCUT2D eigenvalue weighted by molar-refractivity contribution is 0.414. The first-order valence-corrected chi connectivity index (χ1v) is 9.79. The molecule has 2 aromatic rings. The maximum Gasteiger partial charge on any atom is 0.214 e. The predicted octanol–water partition coefficient (Wildman–Crippen LogP) is 3.79. The van der Waals surface area contributed by atoms with E-state index in [9.17, 15) is 12.8 Å². The highest BCUT2D eigenvalue weighted by atomic mass is 32.2. The minimum absolute atomic E-state index is 0.114. The molecule has 0 heterocycles. The second kappa shape index (κ2) is 8.45. The molecule has 136 valence electrons. The fourth-order valence-electron chi connectivity index (χ4n) is 2.70. The van der Waals surface area contributed by atoms with E-state index >= 15 is 0 Å². The summed E-state index contributed by atoms with van der Waals surface area (Å²) in [6, 6.07) is 13.6. The first kappa shape index (κ1) is 19.4. The number of hydrogen-bond acceptors (Lipinski definition) is 3. The summed E-state index contributed by atoms with van der Waals surface area (Å²) in [6.45, 7) is 2.14. The van der Waals surface area contributed by atoms with Gasteiger partial charge in [0.1, 0.15) is 11.6 Å². The summed E-state index contributed by atoms with van der Waals surface area (Å²) in [5, 5.41) is 0. The monoisotopic (exact) mass is 365 g/mol. The lowest BCUT2D eigenvalue weighted by Gasteiger charge is -2.22. The Balaban J connectivity index is 2.11. The molecule has 0 aliphatic rings. The van der Waals surface area contributed by atoms with E-state index in [1.807, 2.05) is 19.1 Å². The molecule has 0 bridgehead atoms. The molecule has 4 nitrogen and oxygen atoms in total. The van der Waals surface area contributed by atoms with Crippen molar-refractivity contribution in [3.63, 3.8) is 0 Å². The van der Waals surface area contributed by atoms with Gasteiger partial charge in [0, 0.05) is 19.5 Å². The van der Waals surface area contributed by atoms with Crippen LogP contribution in [0.4, 0.5) is 4.39 Å². The van der Waals surface area contributed by atoms with E-state index in [1.54, 1.807) is 44.5 Å². The molecular weight excluding hydrogens is 341 g/mol. The number of nitrogens with zero attached hydrogens (tertiary/aromatic N) is 1. The predicted molar refractivity (Wildman–Crippen MR) is 97.7 cm³/mol. The second-order valence-corrected chi connectivity index (χ2v) is 8.13. The molecule has 2 rings (SSSR count). The van der Waals surface area contributed by atoms with E-state index in [4.69, 9.17) is 4.74 Å². The highest BCUT2D eigenvalue weighted by Crippen LogP contribution is 2.25. The van der Waals surface area contributed by atoms with Gasteiger partial charge in [-0.05, 0) is 35.7 Å². The number of hydrogen-bond donors (Lipinski definition) is 0. The topological polar surface area (TPSA) is 46.6 Å². The van der Waals surface area contributed by atoms with E-state index in [0.717, 1.165) is 11.3 Å². The van der Waals surface area contributed by atoms with Gasteiger partial charge < -0.3 is 4.74 Å². The fourth-order valence-corrected chi connectivity index (χ4v) is 4.23. The molecule has 0 aromatic heterocycles. The molecule has 0 fully saturated rings. The van der Waals surface area contributed by atoms with Crippen LogP contribution in [0.2, 0.25) is 0 Å². The zero-order chi connectivity index (χ0) is 18.4. The summed E-state index contributed by atoms with van der Waals surface area (Å²) in [7, 11) is -0.383. The summed E-state index contributed by atoms with van der Waals surface area (Å²) in [5.41, 5.74) is 1.32. The van der Waals surface area contributed by atoms with Crippen LogP contribution in [0.3, 0.4) is 0 Å². The van der Waals surface area contributed by atoms with Gasteiger partial charge in [0.2, 0.25) is 10.0 Å². The zero-order valence-electron chi connectivity index (χ0n) is 14.8. The molecule has 2 aromatic carbocycles. The number of rotatable bonds is 8. The Kier molecular flexibility index (Phi) is 6.56. The molecule has 0 aliphatic carbocycles. The molecule has 0 N–H and O–H groups in total. The van der Waals surface area contributed by atoms with E-state index < -0.39 is 10.0 Å². The van der Waals surface area contributed by atoms with Gasteiger partial charge >= 0.3 is 0 Å². The van der Waals surface area contributed by atoms with Crippen molar-refractivity contribution in [2.45, 2.75) is 25.8 Å². The third-order valence-corrected chi connectivity index (χ3v) is 6.19. The summed E-state index contributed by atoms with van der Waals surface area (Å²) >= 11 is 0. The number of methoxy groups -OCH3 is 1. The van der Waals surface area contributed by atoms with E-state index in [2.05, 4.69) is 0 Å². The van der Waals surface area contributed by atoms with Gasteiger partial charge in [-0.1, -0.05) is 37.3 Å². The van der Waals surface area contributed by atoms with E-state index in [1.165, 1.54) is 10.4 Å².